The van der Waals surface area contributed by atoms with Gasteiger partial charge in [-0.3, -0.25) is 4.79 Å². The number of carboxylic acids is 1. The van der Waals surface area contributed by atoms with E-state index in [1.54, 1.807) is 0 Å². The molecule has 2 N–H and O–H groups in total. The zero-order valence-corrected chi connectivity index (χ0v) is 11.0. The minimum absolute atomic E-state index is 0.0819. The van der Waals surface area contributed by atoms with Gasteiger partial charge in [-0.25, -0.2) is 4.79 Å². The number of β-amino-alcohol motifs (C(OH)–C–C–N with tert-alkyl or cyclic N) is 1. The number of hydrogen-bond donors (Lipinski definition) is 2. The van der Waals surface area contributed by atoms with Crippen LogP contribution in [0.3, 0.4) is 0 Å². The molecular formula is C14H21NO4. The van der Waals surface area contributed by atoms with Crippen molar-refractivity contribution in [2.24, 2.45) is 17.8 Å². The number of amides is 1. The van der Waals surface area contributed by atoms with Crippen LogP contribution in [0.4, 0.5) is 0 Å². The van der Waals surface area contributed by atoms with Gasteiger partial charge in [0.15, 0.2) is 0 Å². The van der Waals surface area contributed by atoms with Crippen LogP contribution < -0.4 is 0 Å². The molecule has 1 heterocycles. The maximum Gasteiger partial charge on any atom is 0.326 e. The van der Waals surface area contributed by atoms with E-state index in [1.807, 2.05) is 0 Å². The number of nitrogens with zero attached hydrogens (tertiary/aromatic N) is 1. The molecule has 5 heteroatoms. The molecule has 5 atom stereocenters. The summed E-state index contributed by atoms with van der Waals surface area (Å²) in [7, 11) is 0. The Kier molecular flexibility index (Phi) is 3.25. The van der Waals surface area contributed by atoms with Gasteiger partial charge in [-0.15, -0.1) is 0 Å². The molecule has 3 fully saturated rings. The van der Waals surface area contributed by atoms with Crippen LogP contribution in [0, 0.1) is 17.8 Å². The predicted molar refractivity (Wildman–Crippen MR) is 67.3 cm³/mol. The molecule has 0 aromatic carbocycles. The van der Waals surface area contributed by atoms with Crippen molar-refractivity contribution in [1.29, 1.82) is 0 Å². The van der Waals surface area contributed by atoms with Crippen LogP contribution in [0.25, 0.3) is 0 Å². The lowest BCUT2D eigenvalue weighted by Crippen LogP contribution is -2.41. The minimum atomic E-state index is -1.00. The number of aliphatic hydroxyl groups is 1. The zero-order valence-electron chi connectivity index (χ0n) is 11.0. The van der Waals surface area contributed by atoms with E-state index in [2.05, 4.69) is 0 Å². The molecule has 3 aliphatic rings. The number of carbonyl (C=O) groups excluding carboxylic acids is 1. The van der Waals surface area contributed by atoms with Crippen molar-refractivity contribution in [3.63, 3.8) is 0 Å². The number of fused-ring (bicyclic) bond motifs is 2. The summed E-state index contributed by atoms with van der Waals surface area (Å²) in [5.74, 6) is 0.824. The van der Waals surface area contributed by atoms with Gasteiger partial charge in [0.25, 0.3) is 0 Å². The predicted octanol–water partition coefficient (Wildman–Crippen LogP) is 0.859. The molecule has 1 amide bonds. The summed E-state index contributed by atoms with van der Waals surface area (Å²) in [6, 6.07) is -0.832. The van der Waals surface area contributed by atoms with E-state index in [1.165, 1.54) is 24.2 Å². The number of hydrogen-bond acceptors (Lipinski definition) is 3. The molecular weight excluding hydrogens is 246 g/mol. The minimum Gasteiger partial charge on any atom is -0.480 e. The summed E-state index contributed by atoms with van der Waals surface area (Å²) in [4.78, 5) is 24.8. The second-order valence-electron chi connectivity index (χ2n) is 6.43. The van der Waals surface area contributed by atoms with Gasteiger partial charge in [-0.1, -0.05) is 6.42 Å². The molecule has 2 aliphatic carbocycles. The molecule has 2 bridgehead atoms. The Balaban J connectivity index is 1.62. The van der Waals surface area contributed by atoms with Gasteiger partial charge in [-0.05, 0) is 37.0 Å². The highest BCUT2D eigenvalue weighted by atomic mass is 16.4. The van der Waals surface area contributed by atoms with Crippen molar-refractivity contribution in [1.82, 2.24) is 4.90 Å². The highest BCUT2D eigenvalue weighted by Crippen LogP contribution is 2.49. The van der Waals surface area contributed by atoms with E-state index in [-0.39, 0.29) is 18.9 Å². The molecule has 19 heavy (non-hydrogen) atoms. The molecule has 3 unspecified atom stereocenters. The third-order valence-electron chi connectivity index (χ3n) is 5.21. The van der Waals surface area contributed by atoms with Crippen LogP contribution in [0.1, 0.15) is 38.5 Å². The standard InChI is InChI=1S/C14H21NO4/c16-11-6-12(14(18)19)15(7-11)13(17)5-10-4-8-1-2-9(10)3-8/h8-12,16H,1-7H2,(H,18,19)/t8?,9?,10?,11-,12-/m0/s1. The van der Waals surface area contributed by atoms with E-state index in [4.69, 9.17) is 5.11 Å². The van der Waals surface area contributed by atoms with Crippen LogP contribution in [0.5, 0.6) is 0 Å². The second-order valence-corrected chi connectivity index (χ2v) is 6.43. The van der Waals surface area contributed by atoms with Crippen molar-refractivity contribution in [2.45, 2.75) is 50.7 Å². The van der Waals surface area contributed by atoms with E-state index in [0.717, 1.165) is 12.3 Å². The fourth-order valence-electron chi connectivity index (χ4n) is 4.29. The van der Waals surface area contributed by atoms with Gasteiger partial charge < -0.3 is 15.1 Å². The van der Waals surface area contributed by atoms with Gasteiger partial charge in [0.1, 0.15) is 6.04 Å². The van der Waals surface area contributed by atoms with Crippen LogP contribution in [-0.2, 0) is 9.59 Å². The van der Waals surface area contributed by atoms with Gasteiger partial charge >= 0.3 is 5.97 Å². The fourth-order valence-corrected chi connectivity index (χ4v) is 4.29. The van der Waals surface area contributed by atoms with Crippen LogP contribution in [-0.4, -0.2) is 45.7 Å². The number of aliphatic carboxylic acids is 1. The molecule has 0 spiro atoms. The Morgan fingerprint density at radius 3 is 2.53 bits per heavy atom. The first kappa shape index (κ1) is 12.9. The molecule has 2 saturated carbocycles. The lowest BCUT2D eigenvalue weighted by molar-refractivity contribution is -0.148. The molecule has 0 radical (unpaired) electrons. The Morgan fingerprint density at radius 1 is 1.16 bits per heavy atom. The SMILES string of the molecule is O=C(O)[C@@H]1C[C@H](O)CN1C(=O)CC1CC2CCC1C2. The smallest absolute Gasteiger partial charge is 0.326 e. The summed E-state index contributed by atoms with van der Waals surface area (Å²) in [5.41, 5.74) is 0. The summed E-state index contributed by atoms with van der Waals surface area (Å²) in [5, 5.41) is 18.7. The van der Waals surface area contributed by atoms with E-state index >= 15 is 0 Å². The summed E-state index contributed by atoms with van der Waals surface area (Å²) in [6.45, 7) is 0.177. The number of carboxylic acid groups (broad SMARTS) is 1. The molecule has 0 aromatic heterocycles. The largest absolute Gasteiger partial charge is 0.480 e. The van der Waals surface area contributed by atoms with Gasteiger partial charge in [0, 0.05) is 19.4 Å². The van der Waals surface area contributed by atoms with E-state index in [9.17, 15) is 14.7 Å². The molecule has 106 valence electrons. The first-order valence-electron chi connectivity index (χ1n) is 7.25. The third kappa shape index (κ3) is 2.36. The summed E-state index contributed by atoms with van der Waals surface area (Å²) in [6.07, 6.45) is 4.86. The van der Waals surface area contributed by atoms with Crippen molar-refractivity contribution >= 4 is 11.9 Å². The first-order chi connectivity index (χ1) is 9.04. The Labute approximate surface area is 112 Å². The van der Waals surface area contributed by atoms with Crippen molar-refractivity contribution in [3.8, 4) is 0 Å². The quantitative estimate of drug-likeness (QED) is 0.795. The van der Waals surface area contributed by atoms with Gasteiger partial charge in [0.2, 0.25) is 5.91 Å². The normalized spacial score (nSPS) is 40.9. The molecule has 0 aromatic rings. The van der Waals surface area contributed by atoms with Crippen LogP contribution in [0.2, 0.25) is 0 Å². The maximum absolute atomic E-state index is 12.3. The van der Waals surface area contributed by atoms with E-state index < -0.39 is 18.1 Å². The third-order valence-corrected chi connectivity index (χ3v) is 5.21. The average molecular weight is 267 g/mol. The summed E-state index contributed by atoms with van der Waals surface area (Å²) >= 11 is 0. The summed E-state index contributed by atoms with van der Waals surface area (Å²) < 4.78 is 0. The number of carbonyl (C=O) groups is 2. The Morgan fingerprint density at radius 2 is 1.95 bits per heavy atom. The fraction of sp³-hybridized carbons (Fsp3) is 0.857. The Hall–Kier alpha value is -1.10. The lowest BCUT2D eigenvalue weighted by Gasteiger charge is -2.26. The topological polar surface area (TPSA) is 77.8 Å². The maximum atomic E-state index is 12.3. The first-order valence-corrected chi connectivity index (χ1v) is 7.25. The van der Waals surface area contributed by atoms with Crippen LogP contribution in [0.15, 0.2) is 0 Å². The highest BCUT2D eigenvalue weighted by Gasteiger charge is 2.43. The molecule has 1 aliphatic heterocycles. The van der Waals surface area contributed by atoms with Crippen molar-refractivity contribution in [3.05, 3.63) is 0 Å². The van der Waals surface area contributed by atoms with Crippen molar-refractivity contribution < 1.29 is 19.8 Å². The number of likely N-dealkylation sites (tertiary alicyclic amines) is 1. The second kappa shape index (κ2) is 4.78. The van der Waals surface area contributed by atoms with Gasteiger partial charge in [0.05, 0.1) is 6.10 Å². The Bertz CT molecular complexity index is 397. The van der Waals surface area contributed by atoms with Gasteiger partial charge in [-0.2, -0.15) is 0 Å². The number of rotatable bonds is 3. The van der Waals surface area contributed by atoms with Crippen molar-refractivity contribution in [2.75, 3.05) is 6.54 Å². The lowest BCUT2D eigenvalue weighted by atomic mass is 9.86. The van der Waals surface area contributed by atoms with Crippen LogP contribution >= 0.6 is 0 Å². The molecule has 5 nitrogen and oxygen atoms in total. The molecule has 1 saturated heterocycles. The molecule has 3 rings (SSSR count). The zero-order chi connectivity index (χ0) is 13.6. The highest BCUT2D eigenvalue weighted by molar-refractivity contribution is 5.84. The number of aliphatic hydroxyl groups excluding tert-OH is 1. The van der Waals surface area contributed by atoms with E-state index in [0.29, 0.717) is 18.3 Å². The monoisotopic (exact) mass is 267 g/mol. The average Bonchev–Trinajstić information content (AvgIpc) is 3.02.